The number of anilines is 1. The van der Waals surface area contributed by atoms with E-state index in [-0.39, 0.29) is 16.7 Å². The second-order valence-corrected chi connectivity index (χ2v) is 7.57. The van der Waals surface area contributed by atoms with Gasteiger partial charge in [0, 0.05) is 10.7 Å². The summed E-state index contributed by atoms with van der Waals surface area (Å²) in [5.74, 6) is 0.669. The predicted molar refractivity (Wildman–Crippen MR) is 87.5 cm³/mol. The molecule has 2 bridgehead atoms. The maximum absolute atomic E-state index is 12.9. The lowest BCUT2D eigenvalue weighted by Gasteiger charge is -2.37. The number of nitrogens with one attached hydrogen (secondary N) is 1. The van der Waals surface area contributed by atoms with E-state index in [4.69, 9.17) is 11.6 Å². The van der Waals surface area contributed by atoms with Gasteiger partial charge in [0.15, 0.2) is 0 Å². The maximum Gasteiger partial charge on any atom is 0.234 e. The quantitative estimate of drug-likeness (QED) is 0.768. The van der Waals surface area contributed by atoms with Gasteiger partial charge in [-0.3, -0.25) is 4.79 Å². The van der Waals surface area contributed by atoms with Crippen LogP contribution in [-0.2, 0) is 4.79 Å². The van der Waals surface area contributed by atoms with Crippen LogP contribution in [0.25, 0.3) is 0 Å². The van der Waals surface area contributed by atoms with Crippen molar-refractivity contribution in [3.05, 3.63) is 40.9 Å². The van der Waals surface area contributed by atoms with Crippen molar-refractivity contribution in [2.45, 2.75) is 40.0 Å². The Bertz CT molecular complexity index is 634. The van der Waals surface area contributed by atoms with E-state index in [0.717, 1.165) is 36.1 Å². The monoisotopic (exact) mass is 303 g/mol. The standard InChI is InChI=1S/C18H22ClNO/c1-11-5-6-14(19)9-15(11)20-16(21)18-8-7-13(10-18)17(3,4)12(18)2/h5-6,9,13H,2,7-8,10H2,1,3-4H3,(H,20,21). The van der Waals surface area contributed by atoms with Crippen LogP contribution in [0.1, 0.15) is 38.7 Å². The third-order valence-electron chi connectivity index (χ3n) is 5.77. The van der Waals surface area contributed by atoms with Crippen LogP contribution in [0, 0.1) is 23.7 Å². The van der Waals surface area contributed by atoms with Gasteiger partial charge < -0.3 is 5.32 Å². The first-order valence-corrected chi connectivity index (χ1v) is 7.92. The van der Waals surface area contributed by atoms with E-state index in [1.165, 1.54) is 0 Å². The molecule has 2 fully saturated rings. The van der Waals surface area contributed by atoms with E-state index < -0.39 is 0 Å². The lowest BCUT2D eigenvalue weighted by molar-refractivity contribution is -0.123. The van der Waals surface area contributed by atoms with Gasteiger partial charge in [0.05, 0.1) is 5.41 Å². The molecule has 0 radical (unpaired) electrons. The number of hydrogen-bond acceptors (Lipinski definition) is 1. The normalized spacial score (nSPS) is 29.7. The van der Waals surface area contributed by atoms with Crippen molar-refractivity contribution in [3.8, 4) is 0 Å². The first-order chi connectivity index (χ1) is 9.77. The lowest BCUT2D eigenvalue weighted by Crippen LogP contribution is -2.37. The molecule has 3 heteroatoms. The highest BCUT2D eigenvalue weighted by atomic mass is 35.5. The molecule has 2 aliphatic carbocycles. The Kier molecular flexibility index (Phi) is 3.21. The fourth-order valence-electron chi connectivity index (χ4n) is 4.11. The molecule has 2 nitrogen and oxygen atoms in total. The molecule has 3 rings (SSSR count). The van der Waals surface area contributed by atoms with Crippen molar-refractivity contribution in [2.24, 2.45) is 16.7 Å². The summed E-state index contributed by atoms with van der Waals surface area (Å²) in [6.45, 7) is 10.7. The molecule has 1 aromatic carbocycles. The summed E-state index contributed by atoms with van der Waals surface area (Å²) in [5.41, 5.74) is 2.62. The van der Waals surface area contributed by atoms with Gasteiger partial charge in [0.25, 0.3) is 0 Å². The summed E-state index contributed by atoms with van der Waals surface area (Å²) in [4.78, 5) is 12.9. The van der Waals surface area contributed by atoms with Crippen LogP contribution in [-0.4, -0.2) is 5.91 Å². The smallest absolute Gasteiger partial charge is 0.234 e. The van der Waals surface area contributed by atoms with E-state index >= 15 is 0 Å². The number of benzene rings is 1. The van der Waals surface area contributed by atoms with Gasteiger partial charge >= 0.3 is 0 Å². The summed E-state index contributed by atoms with van der Waals surface area (Å²) >= 11 is 6.04. The van der Waals surface area contributed by atoms with Crippen molar-refractivity contribution in [1.29, 1.82) is 0 Å². The first-order valence-electron chi connectivity index (χ1n) is 7.55. The zero-order valence-electron chi connectivity index (χ0n) is 12.9. The molecule has 2 unspecified atom stereocenters. The maximum atomic E-state index is 12.9. The van der Waals surface area contributed by atoms with Crippen LogP contribution >= 0.6 is 11.6 Å². The number of amides is 1. The molecule has 112 valence electrons. The van der Waals surface area contributed by atoms with E-state index in [2.05, 4.69) is 25.7 Å². The Morgan fingerprint density at radius 2 is 2.14 bits per heavy atom. The van der Waals surface area contributed by atoms with Gasteiger partial charge in [-0.25, -0.2) is 0 Å². The summed E-state index contributed by atoms with van der Waals surface area (Å²) in [6.07, 6.45) is 2.98. The van der Waals surface area contributed by atoms with Crippen LogP contribution in [0.2, 0.25) is 5.02 Å². The van der Waals surface area contributed by atoms with E-state index in [9.17, 15) is 4.79 Å². The Morgan fingerprint density at radius 3 is 2.76 bits per heavy atom. The van der Waals surface area contributed by atoms with Crippen molar-refractivity contribution in [1.82, 2.24) is 0 Å². The molecular weight excluding hydrogens is 282 g/mol. The molecule has 0 aliphatic heterocycles. The van der Waals surface area contributed by atoms with Gasteiger partial charge in [0.2, 0.25) is 5.91 Å². The molecule has 2 saturated carbocycles. The molecule has 1 N–H and O–H groups in total. The van der Waals surface area contributed by atoms with Gasteiger partial charge in [-0.1, -0.05) is 43.7 Å². The second-order valence-electron chi connectivity index (χ2n) is 7.14. The third-order valence-corrected chi connectivity index (χ3v) is 6.01. The van der Waals surface area contributed by atoms with Crippen molar-refractivity contribution < 1.29 is 4.79 Å². The van der Waals surface area contributed by atoms with E-state index in [1.807, 2.05) is 25.1 Å². The van der Waals surface area contributed by atoms with E-state index in [1.54, 1.807) is 0 Å². The predicted octanol–water partition coefficient (Wildman–Crippen LogP) is 4.97. The van der Waals surface area contributed by atoms with Crippen LogP contribution in [0.5, 0.6) is 0 Å². The molecule has 0 spiro atoms. The van der Waals surface area contributed by atoms with Crippen molar-refractivity contribution in [3.63, 3.8) is 0 Å². The summed E-state index contributed by atoms with van der Waals surface area (Å²) in [7, 11) is 0. The molecule has 0 saturated heterocycles. The largest absolute Gasteiger partial charge is 0.325 e. The van der Waals surface area contributed by atoms with Gasteiger partial charge in [-0.05, 0) is 55.2 Å². The number of carbonyl (C=O) groups excluding carboxylic acids is 1. The number of rotatable bonds is 2. The minimum absolute atomic E-state index is 0.0684. The molecule has 2 atom stereocenters. The van der Waals surface area contributed by atoms with Gasteiger partial charge in [-0.15, -0.1) is 0 Å². The molecule has 2 aliphatic rings. The molecule has 0 aromatic heterocycles. The third kappa shape index (κ3) is 2.03. The molecule has 21 heavy (non-hydrogen) atoms. The highest BCUT2D eigenvalue weighted by Crippen LogP contribution is 2.65. The Morgan fingerprint density at radius 1 is 1.43 bits per heavy atom. The van der Waals surface area contributed by atoms with Crippen LogP contribution in [0.3, 0.4) is 0 Å². The summed E-state index contributed by atoms with van der Waals surface area (Å²) in [6, 6.07) is 5.59. The molecule has 1 amide bonds. The number of fused-ring (bicyclic) bond motifs is 2. The SMILES string of the molecule is C=C1C2(C(=O)Nc3cc(Cl)ccc3C)CCC(C2)C1(C)C. The number of halogens is 1. The fraction of sp³-hybridized carbons (Fsp3) is 0.500. The van der Waals surface area contributed by atoms with Crippen LogP contribution < -0.4 is 5.32 Å². The minimum atomic E-state index is -0.386. The number of carbonyl (C=O) groups is 1. The zero-order valence-corrected chi connectivity index (χ0v) is 13.7. The van der Waals surface area contributed by atoms with Crippen molar-refractivity contribution >= 4 is 23.2 Å². The van der Waals surface area contributed by atoms with Crippen molar-refractivity contribution in [2.75, 3.05) is 5.32 Å². The highest BCUT2D eigenvalue weighted by molar-refractivity contribution is 6.31. The molecule has 0 heterocycles. The zero-order chi connectivity index (χ0) is 15.4. The minimum Gasteiger partial charge on any atom is -0.325 e. The average molecular weight is 304 g/mol. The fourth-order valence-corrected chi connectivity index (χ4v) is 4.28. The average Bonchev–Trinajstić information content (AvgIpc) is 2.94. The summed E-state index contributed by atoms with van der Waals surface area (Å²) in [5, 5.41) is 3.74. The molecule has 1 aromatic rings. The Balaban J connectivity index is 1.90. The van der Waals surface area contributed by atoms with Crippen LogP contribution in [0.4, 0.5) is 5.69 Å². The van der Waals surface area contributed by atoms with Gasteiger partial charge in [-0.2, -0.15) is 0 Å². The van der Waals surface area contributed by atoms with Gasteiger partial charge in [0.1, 0.15) is 0 Å². The topological polar surface area (TPSA) is 29.1 Å². The Hall–Kier alpha value is -1.28. The second kappa shape index (κ2) is 4.61. The lowest BCUT2D eigenvalue weighted by atomic mass is 9.68. The summed E-state index contributed by atoms with van der Waals surface area (Å²) < 4.78 is 0. The molecular formula is C18H22ClNO. The Labute approximate surface area is 131 Å². The highest BCUT2D eigenvalue weighted by Gasteiger charge is 2.60. The first kappa shape index (κ1) is 14.6. The number of hydrogen-bond donors (Lipinski definition) is 1. The van der Waals surface area contributed by atoms with E-state index in [0.29, 0.717) is 10.9 Å². The number of aryl methyl sites for hydroxylation is 1. The van der Waals surface area contributed by atoms with Crippen LogP contribution in [0.15, 0.2) is 30.4 Å².